The summed E-state index contributed by atoms with van der Waals surface area (Å²) in [5.41, 5.74) is -0.943. The first-order valence-electron chi connectivity index (χ1n) is 32.4. The van der Waals surface area contributed by atoms with E-state index in [1.54, 1.807) is 46.4 Å². The van der Waals surface area contributed by atoms with E-state index >= 15 is 0 Å². The largest absolute Gasteiger partial charge is 1.00 e. The van der Waals surface area contributed by atoms with Crippen molar-refractivity contribution in [1.82, 2.24) is 9.80 Å². The third-order valence-corrected chi connectivity index (χ3v) is 23.9. The highest BCUT2D eigenvalue weighted by Gasteiger charge is 2.53. The van der Waals surface area contributed by atoms with Gasteiger partial charge in [0.25, 0.3) is 0 Å². The van der Waals surface area contributed by atoms with Gasteiger partial charge >= 0.3 is 5.97 Å². The van der Waals surface area contributed by atoms with Crippen molar-refractivity contribution in [2.24, 2.45) is 17.8 Å². The molecule has 0 radical (unpaired) electrons. The first-order valence-corrected chi connectivity index (χ1v) is 34.4. The summed E-state index contributed by atoms with van der Waals surface area (Å²) in [6.07, 6.45) is 1.14. The van der Waals surface area contributed by atoms with Gasteiger partial charge in [0.05, 0.1) is 53.7 Å². The number of esters is 1. The van der Waals surface area contributed by atoms with E-state index < -0.39 is 109 Å². The molecule has 3 saturated heterocycles. The van der Waals surface area contributed by atoms with E-state index in [0.717, 1.165) is 57.5 Å². The smallest absolute Gasteiger partial charge is 0.311 e. The summed E-state index contributed by atoms with van der Waals surface area (Å²) in [4.78, 5) is 32.9. The van der Waals surface area contributed by atoms with Crippen LogP contribution >= 0.6 is 7.26 Å². The fourth-order valence-electron chi connectivity index (χ4n) is 14.3. The molecule has 0 spiro atoms. The first kappa shape index (κ1) is 74.6. The monoisotopic (exact) mass is 1250 g/mol. The summed E-state index contributed by atoms with van der Waals surface area (Å²) in [6.45, 7) is 24.1. The van der Waals surface area contributed by atoms with E-state index in [0.29, 0.717) is 12.8 Å². The number of likely N-dealkylation sites (N-methyl/N-ethyl adjacent to an activating group) is 1. The van der Waals surface area contributed by atoms with Crippen molar-refractivity contribution in [3.63, 3.8) is 0 Å². The molecule has 15 nitrogen and oxygen atoms in total. The third-order valence-electron chi connectivity index (χ3n) is 19.4. The number of hydrogen-bond acceptors (Lipinski definition) is 14. The molecule has 87 heavy (non-hydrogen) atoms. The maximum atomic E-state index is 14.7. The molecule has 1 amide bonds. The Morgan fingerprint density at radius 3 is 1.75 bits per heavy atom. The van der Waals surface area contributed by atoms with Gasteiger partial charge in [-0.3, -0.25) is 9.59 Å². The van der Waals surface area contributed by atoms with Crippen molar-refractivity contribution in [1.29, 1.82) is 0 Å². The average Bonchev–Trinajstić information content (AvgIpc) is 1.37. The Morgan fingerprint density at radius 1 is 0.736 bits per heavy atom. The van der Waals surface area contributed by atoms with Crippen molar-refractivity contribution in [2.45, 2.75) is 270 Å². The predicted molar refractivity (Wildman–Crippen MR) is 344 cm³/mol. The lowest BCUT2D eigenvalue weighted by Gasteiger charge is -2.48. The summed E-state index contributed by atoms with van der Waals surface area (Å²) in [7, 11) is 3.34. The highest BCUT2D eigenvalue weighted by molar-refractivity contribution is 7.95. The Kier molecular flexibility index (Phi) is 28.2. The van der Waals surface area contributed by atoms with Gasteiger partial charge in [-0.2, -0.15) is 0 Å². The van der Waals surface area contributed by atoms with E-state index in [4.69, 9.17) is 28.4 Å². The standard InChI is InChI=1S/C70H112N2O13P.ClH/c1-17-58-70(13,79)63(75)52(9)72(59(73)36-25-23-21-19-18-20-22-24-26-37-86(54-33-27-30-45(2)38-54,55-34-28-31-46(3)39-55)56-35-29-32-47(4)40-56)44-48(5)42-68(11,78)65(85-67-61(74)57(71(14)15)41-49(6)81-67)50(7)62(51(8)66(77)83-58)84-60-43-69(12,80-16)64(76)53(10)82-60;/h27-35,38-40,48-53,57-58,60-65,67,74-76,78-79H,17-26,36-37,41-44H2,1-16H3;1H/q+1;/p-1/t48-,49-,50+,51-,52-,53+,57+,58-,60+,61-,62+,63-,64+,65-,67+,68-,69-,70-;/m1./s1. The first-order chi connectivity index (χ1) is 40.5. The summed E-state index contributed by atoms with van der Waals surface area (Å²) < 4.78 is 38.3. The quantitative estimate of drug-likeness (QED) is 0.0409. The van der Waals surface area contributed by atoms with Crippen LogP contribution in [0.5, 0.6) is 0 Å². The number of aliphatic hydroxyl groups excluding tert-OH is 3. The molecule has 3 fully saturated rings. The Balaban J connectivity index is 0.0000138. The van der Waals surface area contributed by atoms with E-state index in [-0.39, 0.29) is 62.7 Å². The van der Waals surface area contributed by atoms with Crippen LogP contribution in [0.25, 0.3) is 0 Å². The summed E-state index contributed by atoms with van der Waals surface area (Å²) >= 11 is 0. The minimum absolute atomic E-state index is 0. The third kappa shape index (κ3) is 18.6. The molecule has 18 atom stereocenters. The van der Waals surface area contributed by atoms with Gasteiger partial charge in [-0.25, -0.2) is 0 Å². The van der Waals surface area contributed by atoms with Gasteiger partial charge in [-0.15, -0.1) is 0 Å². The number of methoxy groups -OCH3 is 1. The fraction of sp³-hybridized carbons (Fsp3) is 0.714. The lowest BCUT2D eigenvalue weighted by Crippen LogP contribution is -3.00. The lowest BCUT2D eigenvalue weighted by molar-refractivity contribution is -0.318. The zero-order valence-corrected chi connectivity index (χ0v) is 57.3. The number of cyclic esters (lactones) is 1. The van der Waals surface area contributed by atoms with Crippen LogP contribution in [0, 0.1) is 38.5 Å². The molecule has 492 valence electrons. The van der Waals surface area contributed by atoms with Gasteiger partial charge in [0.15, 0.2) is 12.6 Å². The maximum Gasteiger partial charge on any atom is 0.311 e. The van der Waals surface area contributed by atoms with Gasteiger partial charge in [0.2, 0.25) is 5.91 Å². The van der Waals surface area contributed by atoms with Gasteiger partial charge in [0, 0.05) is 38.5 Å². The Morgan fingerprint density at radius 2 is 1.25 bits per heavy atom. The summed E-state index contributed by atoms with van der Waals surface area (Å²) in [5, 5.41) is 65.0. The molecule has 3 aromatic rings. The Hall–Kier alpha value is -3.12. The lowest BCUT2D eigenvalue weighted by atomic mass is 9.77. The number of amides is 1. The molecule has 0 bridgehead atoms. The second-order valence-electron chi connectivity index (χ2n) is 27.3. The molecular weight excluding hydrogens is 1140 g/mol. The van der Waals surface area contributed by atoms with Crippen molar-refractivity contribution in [3.8, 4) is 0 Å². The van der Waals surface area contributed by atoms with Crippen molar-refractivity contribution in [3.05, 3.63) is 89.5 Å². The molecule has 3 heterocycles. The molecule has 0 aliphatic carbocycles. The van der Waals surface area contributed by atoms with Crippen molar-refractivity contribution >= 4 is 35.1 Å². The van der Waals surface area contributed by atoms with Crippen LogP contribution in [0.2, 0.25) is 0 Å². The van der Waals surface area contributed by atoms with Crippen LogP contribution in [-0.2, 0) is 38.0 Å². The highest BCUT2D eigenvalue weighted by Crippen LogP contribution is 2.56. The molecule has 0 aromatic heterocycles. The number of carbonyl (C=O) groups is 2. The van der Waals surface area contributed by atoms with Gasteiger partial charge in [-0.05, 0) is 181 Å². The number of unbranched alkanes of at least 4 members (excludes halogenated alkanes) is 8. The molecule has 17 heteroatoms. The van der Waals surface area contributed by atoms with Crippen molar-refractivity contribution < 1.29 is 75.9 Å². The van der Waals surface area contributed by atoms with Crippen LogP contribution in [-0.4, -0.2) is 171 Å². The van der Waals surface area contributed by atoms with E-state index in [2.05, 4.69) is 93.6 Å². The fourth-order valence-corrected chi connectivity index (χ4v) is 18.9. The molecule has 3 aromatic carbocycles. The van der Waals surface area contributed by atoms with Crippen LogP contribution in [0.1, 0.15) is 176 Å². The topological polar surface area (TPSA) is 197 Å². The summed E-state index contributed by atoms with van der Waals surface area (Å²) in [6, 6.07) is 26.3. The average molecular weight is 1260 g/mol. The Bertz CT molecular complexity index is 2500. The molecular formula is C70H112ClN2O13P. The number of ether oxygens (including phenoxy) is 6. The number of benzene rings is 3. The maximum absolute atomic E-state index is 14.7. The van der Waals surface area contributed by atoms with E-state index in [1.165, 1.54) is 46.6 Å². The van der Waals surface area contributed by atoms with Crippen LogP contribution in [0.15, 0.2) is 72.8 Å². The zero-order chi connectivity index (χ0) is 63.5. The summed E-state index contributed by atoms with van der Waals surface area (Å²) in [5.74, 6) is -3.27. The number of aliphatic hydroxyl groups is 5. The number of aryl methyl sites for hydroxylation is 3. The SMILES string of the molecule is CC[C@H]1OC(=O)[C@H](C)[C@@H](O[C@H]2C[C@@](C)(OC)[C@@H](O)[C@H](C)O2)[C@H](C)[C@@H](O[C@@H]2O[C@H](C)C[C@H](N(C)C)[C@H]2O)[C@](C)(O)C[C@@H](C)CN(C(=O)CCCCCCCCCCC[P+](c2cccc(C)c2)(c2cccc(C)c2)c2cccc(C)c2)[C@H](C)[C@@H](O)[C@]1(C)O.[Cl-]. The number of halogens is 1. The molecule has 0 unspecified atom stereocenters. The number of nitrogens with zero attached hydrogens (tertiary/aromatic N) is 2. The molecule has 6 rings (SSSR count). The zero-order valence-electron chi connectivity index (χ0n) is 55.6. The van der Waals surface area contributed by atoms with Crippen LogP contribution in [0.4, 0.5) is 0 Å². The molecule has 3 aliphatic rings. The number of carbonyl (C=O) groups excluding carboxylic acids is 2. The highest BCUT2D eigenvalue weighted by atomic mass is 35.5. The molecule has 5 N–H and O–H groups in total. The predicted octanol–water partition coefficient (Wildman–Crippen LogP) is 6.62. The second-order valence-corrected chi connectivity index (χ2v) is 30.9. The van der Waals surface area contributed by atoms with Gasteiger partial charge in [0.1, 0.15) is 53.2 Å². The second kappa shape index (κ2) is 32.9. The van der Waals surface area contributed by atoms with E-state index in [1.807, 2.05) is 39.8 Å². The molecule has 3 aliphatic heterocycles. The molecule has 0 saturated carbocycles. The minimum atomic E-state index is -2.01. The van der Waals surface area contributed by atoms with Crippen LogP contribution in [0.3, 0.4) is 0 Å². The number of rotatable bonds is 22. The van der Waals surface area contributed by atoms with Crippen molar-refractivity contribution in [2.75, 3.05) is 33.9 Å². The normalized spacial score (nSPS) is 34.2. The Labute approximate surface area is 529 Å². The van der Waals surface area contributed by atoms with E-state index in [9.17, 15) is 35.1 Å². The van der Waals surface area contributed by atoms with Crippen LogP contribution < -0.4 is 28.3 Å². The minimum Gasteiger partial charge on any atom is -1.00 e. The van der Waals surface area contributed by atoms with Gasteiger partial charge in [-0.1, -0.05) is 95.7 Å². The van der Waals surface area contributed by atoms with Gasteiger partial charge < -0.3 is 76.2 Å². The number of hydrogen-bond donors (Lipinski definition) is 5.